The van der Waals surface area contributed by atoms with E-state index in [1.165, 1.54) is 5.56 Å². The van der Waals surface area contributed by atoms with Crippen molar-refractivity contribution in [2.45, 2.75) is 6.54 Å². The van der Waals surface area contributed by atoms with Crippen molar-refractivity contribution in [3.8, 4) is 0 Å². The summed E-state index contributed by atoms with van der Waals surface area (Å²) >= 11 is 9.15. The molecule has 1 heterocycles. The second-order valence-corrected chi connectivity index (χ2v) is 4.69. The Kier molecular flexibility index (Phi) is 3.80. The lowest BCUT2D eigenvalue weighted by molar-refractivity contribution is 1.11. The molecule has 0 fully saturated rings. The molecule has 0 spiro atoms. The molecule has 0 saturated heterocycles. The van der Waals surface area contributed by atoms with E-state index >= 15 is 0 Å². The van der Waals surface area contributed by atoms with Crippen LogP contribution in [-0.2, 0) is 6.54 Å². The van der Waals surface area contributed by atoms with E-state index < -0.39 is 0 Å². The Morgan fingerprint density at radius 1 is 1.12 bits per heavy atom. The maximum atomic E-state index is 5.75. The molecular formula is C12H10BrClN2. The standard InChI is InChI=1S/C12H10BrClN2/c13-10-3-1-9(2-4-10)7-15-12-6-5-11(14)8-16-12/h1-6,8H,7H2,(H,15,16). The number of benzene rings is 1. The first-order valence-corrected chi connectivity index (χ1v) is 6.01. The van der Waals surface area contributed by atoms with E-state index in [-0.39, 0.29) is 0 Å². The third-order valence-corrected chi connectivity index (χ3v) is 2.87. The SMILES string of the molecule is Clc1ccc(NCc2ccc(Br)cc2)nc1. The Hall–Kier alpha value is -1.06. The maximum Gasteiger partial charge on any atom is 0.126 e. The van der Waals surface area contributed by atoms with E-state index in [9.17, 15) is 0 Å². The van der Waals surface area contributed by atoms with Gasteiger partial charge in [-0.2, -0.15) is 0 Å². The van der Waals surface area contributed by atoms with Gasteiger partial charge in [0.2, 0.25) is 0 Å². The minimum atomic E-state index is 0.647. The number of rotatable bonds is 3. The molecule has 0 aliphatic carbocycles. The van der Waals surface area contributed by atoms with E-state index in [1.807, 2.05) is 24.3 Å². The topological polar surface area (TPSA) is 24.9 Å². The fraction of sp³-hybridized carbons (Fsp3) is 0.0833. The van der Waals surface area contributed by atoms with Crippen LogP contribution in [0.1, 0.15) is 5.56 Å². The van der Waals surface area contributed by atoms with Gasteiger partial charge in [-0.05, 0) is 29.8 Å². The lowest BCUT2D eigenvalue weighted by atomic mass is 10.2. The number of anilines is 1. The number of halogens is 2. The number of nitrogens with zero attached hydrogens (tertiary/aromatic N) is 1. The minimum absolute atomic E-state index is 0.647. The van der Waals surface area contributed by atoms with Gasteiger partial charge in [-0.3, -0.25) is 0 Å². The molecule has 0 atom stereocenters. The van der Waals surface area contributed by atoms with E-state index in [2.05, 4.69) is 38.4 Å². The van der Waals surface area contributed by atoms with Gasteiger partial charge in [0.05, 0.1) is 5.02 Å². The molecule has 4 heteroatoms. The Balaban J connectivity index is 1.97. The predicted molar refractivity (Wildman–Crippen MR) is 70.7 cm³/mol. The quantitative estimate of drug-likeness (QED) is 0.922. The molecule has 82 valence electrons. The highest BCUT2D eigenvalue weighted by Crippen LogP contribution is 2.13. The monoisotopic (exact) mass is 296 g/mol. The van der Waals surface area contributed by atoms with Crippen molar-refractivity contribution in [2.24, 2.45) is 0 Å². The summed E-state index contributed by atoms with van der Waals surface area (Å²) in [5.41, 5.74) is 1.21. The summed E-state index contributed by atoms with van der Waals surface area (Å²) in [7, 11) is 0. The van der Waals surface area contributed by atoms with Gasteiger partial charge in [-0.1, -0.05) is 39.7 Å². The van der Waals surface area contributed by atoms with Crippen LogP contribution >= 0.6 is 27.5 Å². The highest BCUT2D eigenvalue weighted by Gasteiger charge is 1.95. The van der Waals surface area contributed by atoms with Crippen molar-refractivity contribution in [3.05, 3.63) is 57.7 Å². The Morgan fingerprint density at radius 3 is 2.50 bits per heavy atom. The second-order valence-electron chi connectivity index (χ2n) is 3.34. The van der Waals surface area contributed by atoms with Gasteiger partial charge in [-0.25, -0.2) is 4.98 Å². The molecule has 0 aliphatic rings. The highest BCUT2D eigenvalue weighted by molar-refractivity contribution is 9.10. The summed E-state index contributed by atoms with van der Waals surface area (Å²) in [5, 5.41) is 3.87. The van der Waals surface area contributed by atoms with Crippen LogP contribution < -0.4 is 5.32 Å². The fourth-order valence-electron chi connectivity index (χ4n) is 1.28. The largest absolute Gasteiger partial charge is 0.366 e. The second kappa shape index (κ2) is 5.32. The third-order valence-electron chi connectivity index (χ3n) is 2.11. The van der Waals surface area contributed by atoms with Crippen molar-refractivity contribution >= 4 is 33.3 Å². The van der Waals surface area contributed by atoms with Crippen LogP contribution in [0.25, 0.3) is 0 Å². The van der Waals surface area contributed by atoms with Crippen molar-refractivity contribution in [2.75, 3.05) is 5.32 Å². The van der Waals surface area contributed by atoms with E-state index in [0.29, 0.717) is 5.02 Å². The smallest absolute Gasteiger partial charge is 0.126 e. The van der Waals surface area contributed by atoms with Gasteiger partial charge >= 0.3 is 0 Å². The maximum absolute atomic E-state index is 5.75. The van der Waals surface area contributed by atoms with Gasteiger partial charge in [0.25, 0.3) is 0 Å². The lowest BCUT2D eigenvalue weighted by Gasteiger charge is -2.05. The minimum Gasteiger partial charge on any atom is -0.366 e. The van der Waals surface area contributed by atoms with Crippen LogP contribution in [0.5, 0.6) is 0 Å². The number of hydrogen-bond donors (Lipinski definition) is 1. The fourth-order valence-corrected chi connectivity index (χ4v) is 1.65. The molecule has 1 aromatic carbocycles. The van der Waals surface area contributed by atoms with Gasteiger partial charge in [0.1, 0.15) is 5.82 Å². The number of nitrogens with one attached hydrogen (secondary N) is 1. The van der Waals surface area contributed by atoms with Gasteiger partial charge in [0.15, 0.2) is 0 Å². The summed E-state index contributed by atoms with van der Waals surface area (Å²) in [4.78, 5) is 4.16. The zero-order valence-electron chi connectivity index (χ0n) is 8.45. The Labute approximate surface area is 108 Å². The lowest BCUT2D eigenvalue weighted by Crippen LogP contribution is -2.00. The van der Waals surface area contributed by atoms with Crippen LogP contribution in [0.2, 0.25) is 5.02 Å². The van der Waals surface area contributed by atoms with Crippen molar-refractivity contribution in [1.82, 2.24) is 4.98 Å². The molecule has 0 unspecified atom stereocenters. The molecule has 1 aromatic heterocycles. The zero-order chi connectivity index (χ0) is 11.4. The van der Waals surface area contributed by atoms with Crippen molar-refractivity contribution < 1.29 is 0 Å². The van der Waals surface area contributed by atoms with Crippen LogP contribution in [0.4, 0.5) is 5.82 Å². The molecular weight excluding hydrogens is 288 g/mol. The van der Waals surface area contributed by atoms with Crippen molar-refractivity contribution in [1.29, 1.82) is 0 Å². The van der Waals surface area contributed by atoms with Crippen LogP contribution in [-0.4, -0.2) is 4.98 Å². The number of aromatic nitrogens is 1. The molecule has 2 rings (SSSR count). The first kappa shape index (κ1) is 11.4. The molecule has 0 saturated carbocycles. The summed E-state index contributed by atoms with van der Waals surface area (Å²) < 4.78 is 1.08. The van der Waals surface area contributed by atoms with Gasteiger partial charge < -0.3 is 5.32 Å². The molecule has 0 amide bonds. The Morgan fingerprint density at radius 2 is 1.88 bits per heavy atom. The first-order chi connectivity index (χ1) is 7.74. The van der Waals surface area contributed by atoms with E-state index in [4.69, 9.17) is 11.6 Å². The molecule has 16 heavy (non-hydrogen) atoms. The average molecular weight is 298 g/mol. The van der Waals surface area contributed by atoms with E-state index in [0.717, 1.165) is 16.8 Å². The molecule has 1 N–H and O–H groups in total. The van der Waals surface area contributed by atoms with Gasteiger partial charge in [0, 0.05) is 17.2 Å². The molecule has 2 aromatic rings. The zero-order valence-corrected chi connectivity index (χ0v) is 10.8. The average Bonchev–Trinajstić information content (AvgIpc) is 2.30. The molecule has 0 aliphatic heterocycles. The third kappa shape index (κ3) is 3.22. The highest BCUT2D eigenvalue weighted by atomic mass is 79.9. The molecule has 0 radical (unpaired) electrons. The van der Waals surface area contributed by atoms with Crippen LogP contribution in [0.3, 0.4) is 0 Å². The molecule has 0 bridgehead atoms. The number of pyridine rings is 1. The summed E-state index contributed by atoms with van der Waals surface area (Å²) in [5.74, 6) is 0.826. The van der Waals surface area contributed by atoms with Crippen LogP contribution in [0.15, 0.2) is 47.1 Å². The summed E-state index contributed by atoms with van der Waals surface area (Å²) in [6.45, 7) is 0.752. The first-order valence-electron chi connectivity index (χ1n) is 4.84. The Bertz CT molecular complexity index is 408. The van der Waals surface area contributed by atoms with Crippen molar-refractivity contribution in [3.63, 3.8) is 0 Å². The molecule has 2 nitrogen and oxygen atoms in total. The predicted octanol–water partition coefficient (Wildman–Crippen LogP) is 4.11. The van der Waals surface area contributed by atoms with E-state index in [1.54, 1.807) is 6.20 Å². The summed E-state index contributed by atoms with van der Waals surface area (Å²) in [6.07, 6.45) is 1.63. The van der Waals surface area contributed by atoms with Crippen LogP contribution in [0, 0.1) is 0 Å². The summed E-state index contributed by atoms with van der Waals surface area (Å²) in [6, 6.07) is 11.8. The normalized spacial score (nSPS) is 10.1. The van der Waals surface area contributed by atoms with Gasteiger partial charge in [-0.15, -0.1) is 0 Å². The number of hydrogen-bond acceptors (Lipinski definition) is 2.